The van der Waals surface area contributed by atoms with E-state index < -0.39 is 32.6 Å². The number of benzene rings is 1. The molecule has 0 atom stereocenters. The molecule has 1 N–H and O–H groups in total. The fraction of sp³-hybridized carbons (Fsp3) is 0.182. The van der Waals surface area contributed by atoms with Gasteiger partial charge in [-0.05, 0) is 47.5 Å². The molecule has 0 aliphatic heterocycles. The average molecular weight is 451 g/mol. The normalized spacial score (nSPS) is 11.7. The van der Waals surface area contributed by atoms with Crippen molar-refractivity contribution < 1.29 is 55.1 Å². The van der Waals surface area contributed by atoms with E-state index in [0.717, 1.165) is 0 Å². The van der Waals surface area contributed by atoms with Crippen molar-refractivity contribution in [1.82, 2.24) is 15.0 Å². The maximum Gasteiger partial charge on any atom is 1.00 e. The van der Waals surface area contributed by atoms with Crippen LogP contribution in [-0.2, 0) is 24.4 Å². The van der Waals surface area contributed by atoms with Crippen molar-refractivity contribution >= 4 is 55.1 Å². The average Bonchev–Trinajstić information content (AvgIpc) is 2.45. The van der Waals surface area contributed by atoms with Crippen LogP contribution >= 0.6 is 23.2 Å². The van der Waals surface area contributed by atoms with E-state index in [1.165, 1.54) is 24.3 Å². The van der Waals surface area contributed by atoms with Gasteiger partial charge in [0.1, 0.15) is 0 Å². The maximum atomic E-state index is 12.0. The molecule has 0 saturated heterocycles. The number of halogens is 2. The van der Waals surface area contributed by atoms with E-state index >= 15 is 0 Å². The number of sulfone groups is 1. The van der Waals surface area contributed by atoms with Crippen molar-refractivity contribution in [1.29, 1.82) is 0 Å². The zero-order valence-corrected chi connectivity index (χ0v) is 18.2. The van der Waals surface area contributed by atoms with Crippen LogP contribution in [0.25, 0.3) is 0 Å². The zero-order valence-electron chi connectivity index (χ0n) is 13.1. The summed E-state index contributed by atoms with van der Waals surface area (Å²) in [6.45, 7) is -0.768. The molecule has 2 rings (SSSR count). The largest absolute Gasteiger partial charge is 1.00 e. The van der Waals surface area contributed by atoms with Gasteiger partial charge in [-0.2, -0.15) is 15.0 Å². The molecule has 0 amide bonds. The van der Waals surface area contributed by atoms with E-state index in [2.05, 4.69) is 24.5 Å². The summed E-state index contributed by atoms with van der Waals surface area (Å²) in [4.78, 5) is 11.1. The number of hydrogen-bond acceptors (Lipinski definition) is 10. The second-order valence-corrected chi connectivity index (χ2v) is 8.23. The summed E-state index contributed by atoms with van der Waals surface area (Å²) in [5.41, 5.74) is 0.440. The van der Waals surface area contributed by atoms with Gasteiger partial charge in [-0.25, -0.2) is 16.8 Å². The third-order valence-electron chi connectivity index (χ3n) is 2.63. The molecule has 136 valence electrons. The summed E-state index contributed by atoms with van der Waals surface area (Å²) >= 11 is 11.3. The van der Waals surface area contributed by atoms with Crippen LogP contribution in [-0.4, -0.2) is 48.7 Å². The first-order chi connectivity index (χ1) is 11.5. The second kappa shape index (κ2) is 9.57. The smallest absolute Gasteiger partial charge is 0.726 e. The van der Waals surface area contributed by atoms with Crippen molar-refractivity contribution in [3.8, 4) is 0 Å². The first-order valence-corrected chi connectivity index (χ1v) is 10.1. The van der Waals surface area contributed by atoms with Crippen molar-refractivity contribution in [2.75, 3.05) is 17.7 Å². The summed E-state index contributed by atoms with van der Waals surface area (Å²) in [6.07, 6.45) is 0. The minimum atomic E-state index is -4.94. The van der Waals surface area contributed by atoms with Crippen LogP contribution in [0.3, 0.4) is 0 Å². The Morgan fingerprint density at radius 3 is 2.04 bits per heavy atom. The van der Waals surface area contributed by atoms with Crippen molar-refractivity contribution in [3.05, 3.63) is 34.8 Å². The monoisotopic (exact) mass is 450 g/mol. The molecule has 0 fully saturated rings. The molecule has 2 aromatic rings. The second-order valence-electron chi connectivity index (χ2n) is 4.40. The molecule has 1 aromatic carbocycles. The Kier molecular flexibility index (Phi) is 8.64. The van der Waals surface area contributed by atoms with Gasteiger partial charge in [-0.15, -0.1) is 0 Å². The quantitative estimate of drug-likeness (QED) is 0.289. The van der Waals surface area contributed by atoms with Gasteiger partial charge >= 0.3 is 29.6 Å². The predicted octanol–water partition coefficient (Wildman–Crippen LogP) is -1.82. The Labute approximate surface area is 181 Å². The SMILES string of the molecule is O=S(=O)([O-])OCCS(=O)(=O)c1ccc(Nc2nc(Cl)nc(Cl)n2)cc1.[Na+]. The standard InChI is InChI=1S/C11H10Cl2N4O6S2.Na/c12-9-15-10(13)17-11(16-9)14-7-1-3-8(4-2-7)24(18,19)6-5-23-25(20,21)22;/h1-4H,5-6H2,(H,20,21,22)(H,14,15,16,17);/q;+1/p-1. The Morgan fingerprint density at radius 1 is 1.00 bits per heavy atom. The van der Waals surface area contributed by atoms with E-state index in [1.54, 1.807) is 0 Å². The molecule has 0 aliphatic rings. The maximum absolute atomic E-state index is 12.0. The number of hydrogen-bond donors (Lipinski definition) is 1. The molecule has 0 bridgehead atoms. The molecule has 1 aromatic heterocycles. The molecule has 26 heavy (non-hydrogen) atoms. The van der Waals surface area contributed by atoms with Gasteiger partial charge in [0.25, 0.3) is 0 Å². The summed E-state index contributed by atoms with van der Waals surface area (Å²) < 4.78 is 58.8. The molecule has 15 heteroatoms. The molecule has 0 spiro atoms. The third-order valence-corrected chi connectivity index (χ3v) is 5.12. The van der Waals surface area contributed by atoms with Gasteiger partial charge in [0.2, 0.25) is 26.9 Å². The van der Waals surface area contributed by atoms with Crippen LogP contribution in [0.15, 0.2) is 29.2 Å². The zero-order chi connectivity index (χ0) is 18.7. The minimum absolute atomic E-state index is 0. The van der Waals surface area contributed by atoms with E-state index in [4.69, 9.17) is 23.2 Å². The van der Waals surface area contributed by atoms with E-state index in [0.29, 0.717) is 5.69 Å². The van der Waals surface area contributed by atoms with Crippen molar-refractivity contribution in [3.63, 3.8) is 0 Å². The van der Waals surface area contributed by atoms with Gasteiger partial charge < -0.3 is 9.87 Å². The molecule has 0 radical (unpaired) electrons. The Hall–Kier alpha value is -0.570. The minimum Gasteiger partial charge on any atom is -0.726 e. The summed E-state index contributed by atoms with van der Waals surface area (Å²) in [5, 5.41) is 2.52. The Balaban J connectivity index is 0.00000338. The number of rotatable bonds is 7. The van der Waals surface area contributed by atoms with Crippen LogP contribution in [0.5, 0.6) is 0 Å². The fourth-order valence-corrected chi connectivity index (χ4v) is 3.47. The Bertz CT molecular complexity index is 952. The molecular formula is C11H9Cl2N4NaO6S2. The van der Waals surface area contributed by atoms with Crippen LogP contribution in [0.2, 0.25) is 10.6 Å². The van der Waals surface area contributed by atoms with Crippen LogP contribution < -0.4 is 34.9 Å². The topological polar surface area (TPSA) is 151 Å². The van der Waals surface area contributed by atoms with E-state index in [1.807, 2.05) is 0 Å². The third kappa shape index (κ3) is 7.58. The number of anilines is 2. The molecule has 10 nitrogen and oxygen atoms in total. The molecular weight excluding hydrogens is 442 g/mol. The van der Waals surface area contributed by atoms with Gasteiger partial charge in [-0.3, -0.25) is 4.18 Å². The van der Waals surface area contributed by atoms with Crippen molar-refractivity contribution in [2.24, 2.45) is 0 Å². The van der Waals surface area contributed by atoms with Crippen LogP contribution in [0, 0.1) is 0 Å². The van der Waals surface area contributed by atoms with Gasteiger partial charge in [0.05, 0.1) is 17.3 Å². The number of nitrogens with one attached hydrogen (secondary N) is 1. The summed E-state index contributed by atoms with van der Waals surface area (Å²) in [7, 11) is -8.77. The van der Waals surface area contributed by atoms with Crippen molar-refractivity contribution in [2.45, 2.75) is 4.90 Å². The van der Waals surface area contributed by atoms with E-state index in [-0.39, 0.29) is 51.0 Å². The number of aromatic nitrogens is 3. The first kappa shape index (κ1) is 23.5. The number of nitrogens with zero attached hydrogens (tertiary/aromatic N) is 3. The Morgan fingerprint density at radius 2 is 1.54 bits per heavy atom. The molecule has 0 aliphatic carbocycles. The first-order valence-electron chi connectivity index (χ1n) is 6.32. The van der Waals surface area contributed by atoms with Gasteiger partial charge in [0, 0.05) is 5.69 Å². The predicted molar refractivity (Wildman–Crippen MR) is 87.3 cm³/mol. The fourth-order valence-electron chi connectivity index (χ4n) is 1.62. The van der Waals surface area contributed by atoms with Crippen LogP contribution in [0.4, 0.5) is 11.6 Å². The molecule has 0 unspecified atom stereocenters. The van der Waals surface area contributed by atoms with E-state index in [9.17, 15) is 21.4 Å². The summed E-state index contributed by atoms with van der Waals surface area (Å²) in [5.74, 6) is -0.602. The molecule has 0 saturated carbocycles. The van der Waals surface area contributed by atoms with Gasteiger partial charge in [0.15, 0.2) is 9.84 Å². The molecule has 1 heterocycles. The summed E-state index contributed by atoms with van der Waals surface area (Å²) in [6, 6.07) is 5.38. The van der Waals surface area contributed by atoms with Gasteiger partial charge in [-0.1, -0.05) is 0 Å². The van der Waals surface area contributed by atoms with Crippen LogP contribution in [0.1, 0.15) is 0 Å².